The van der Waals surface area contributed by atoms with Gasteiger partial charge in [0.15, 0.2) is 6.29 Å². The normalized spacial score (nSPS) is 12.3. The topological polar surface area (TPSA) is 18.5 Å². The summed E-state index contributed by atoms with van der Waals surface area (Å²) in [6, 6.07) is 0. The molecule has 0 aliphatic heterocycles. The van der Waals surface area contributed by atoms with Crippen LogP contribution < -0.4 is 0 Å². The summed E-state index contributed by atoms with van der Waals surface area (Å²) in [6.07, 6.45) is 12.7. The fourth-order valence-corrected chi connectivity index (χ4v) is 1.12. The van der Waals surface area contributed by atoms with Crippen LogP contribution in [0.3, 0.4) is 0 Å². The molecule has 0 aliphatic carbocycles. The maximum atomic E-state index is 5.07. The Bertz CT molecular complexity index is 158. The summed E-state index contributed by atoms with van der Waals surface area (Å²) in [6.45, 7) is 2.14. The van der Waals surface area contributed by atoms with E-state index in [1.807, 2.05) is 0 Å². The van der Waals surface area contributed by atoms with Gasteiger partial charge in [-0.3, -0.25) is 0 Å². The zero-order valence-electron chi connectivity index (χ0n) is 9.53. The fraction of sp³-hybridized carbons (Fsp3) is 0.667. The van der Waals surface area contributed by atoms with Crippen molar-refractivity contribution >= 4 is 0 Å². The summed E-state index contributed by atoms with van der Waals surface area (Å²) in [7, 11) is 3.34. The van der Waals surface area contributed by atoms with Crippen molar-refractivity contribution in [1.29, 1.82) is 0 Å². The first-order valence-electron chi connectivity index (χ1n) is 5.20. The summed E-state index contributed by atoms with van der Waals surface area (Å²) >= 11 is 0. The molecule has 0 unspecified atom stereocenters. The summed E-state index contributed by atoms with van der Waals surface area (Å²) < 4.78 is 10.1. The molecule has 0 saturated carbocycles. The molecule has 0 heterocycles. The van der Waals surface area contributed by atoms with Crippen LogP contribution in [0, 0.1) is 0 Å². The fourth-order valence-electron chi connectivity index (χ4n) is 1.12. The average molecular weight is 198 g/mol. The first-order chi connectivity index (χ1) is 6.85. The van der Waals surface area contributed by atoms with Gasteiger partial charge in [-0.05, 0) is 19.3 Å². The molecule has 0 radical (unpaired) electrons. The van der Waals surface area contributed by atoms with Gasteiger partial charge >= 0.3 is 0 Å². The van der Waals surface area contributed by atoms with Crippen LogP contribution in [-0.2, 0) is 9.47 Å². The number of ether oxygens (including phenoxy) is 2. The lowest BCUT2D eigenvalue weighted by atomic mass is 10.2. The van der Waals surface area contributed by atoms with Crippen molar-refractivity contribution in [2.24, 2.45) is 0 Å². The second-order valence-electron chi connectivity index (χ2n) is 3.07. The van der Waals surface area contributed by atoms with Crippen LogP contribution in [0.1, 0.15) is 32.6 Å². The molecule has 0 bridgehead atoms. The van der Waals surface area contributed by atoms with Crippen molar-refractivity contribution in [1.82, 2.24) is 0 Å². The average Bonchev–Trinajstić information content (AvgIpc) is 2.22. The highest BCUT2D eigenvalue weighted by atomic mass is 16.7. The standard InChI is InChI=1S/C12H22O2/c1-4-5-6-7-8-9-10-11-12(13-2)14-3/h5-6,8-9,12H,4,7,10-11H2,1-3H3. The zero-order chi connectivity index (χ0) is 10.6. The maximum absolute atomic E-state index is 5.07. The van der Waals surface area contributed by atoms with Crippen LogP contribution in [-0.4, -0.2) is 20.5 Å². The van der Waals surface area contributed by atoms with Gasteiger partial charge in [-0.2, -0.15) is 0 Å². The molecule has 0 amide bonds. The molecule has 0 aromatic carbocycles. The van der Waals surface area contributed by atoms with Gasteiger partial charge in [0.25, 0.3) is 0 Å². The monoisotopic (exact) mass is 198 g/mol. The van der Waals surface area contributed by atoms with Crippen LogP contribution in [0.25, 0.3) is 0 Å². The summed E-state index contributed by atoms with van der Waals surface area (Å²) in [5.41, 5.74) is 0. The van der Waals surface area contributed by atoms with E-state index in [1.165, 1.54) is 0 Å². The van der Waals surface area contributed by atoms with E-state index in [9.17, 15) is 0 Å². The second kappa shape index (κ2) is 10.5. The van der Waals surface area contributed by atoms with Gasteiger partial charge in [-0.25, -0.2) is 0 Å². The van der Waals surface area contributed by atoms with E-state index in [0.29, 0.717) is 0 Å². The Labute approximate surface area is 87.6 Å². The predicted molar refractivity (Wildman–Crippen MR) is 60.2 cm³/mol. The molecule has 0 aromatic rings. The Balaban J connectivity index is 3.38. The molecular formula is C12H22O2. The number of allylic oxidation sites excluding steroid dienone is 4. The molecule has 0 rings (SSSR count). The van der Waals surface area contributed by atoms with Crippen molar-refractivity contribution < 1.29 is 9.47 Å². The molecule has 0 aliphatic rings. The van der Waals surface area contributed by atoms with Gasteiger partial charge in [-0.1, -0.05) is 31.2 Å². The van der Waals surface area contributed by atoms with Gasteiger partial charge < -0.3 is 9.47 Å². The molecule has 0 fully saturated rings. The Kier molecular flexibility index (Phi) is 10.0. The van der Waals surface area contributed by atoms with Crippen molar-refractivity contribution in [3.8, 4) is 0 Å². The highest BCUT2D eigenvalue weighted by molar-refractivity contribution is 4.92. The third-order valence-electron chi connectivity index (χ3n) is 1.94. The molecule has 0 atom stereocenters. The van der Waals surface area contributed by atoms with Gasteiger partial charge in [-0.15, -0.1) is 0 Å². The molecule has 0 saturated heterocycles. The van der Waals surface area contributed by atoms with Crippen LogP contribution in [0.15, 0.2) is 24.3 Å². The lowest BCUT2D eigenvalue weighted by Gasteiger charge is -2.10. The van der Waals surface area contributed by atoms with Crippen LogP contribution >= 0.6 is 0 Å². The molecule has 0 N–H and O–H groups in total. The lowest BCUT2D eigenvalue weighted by Crippen LogP contribution is -2.11. The van der Waals surface area contributed by atoms with Crippen LogP contribution in [0.4, 0.5) is 0 Å². The summed E-state index contributed by atoms with van der Waals surface area (Å²) in [4.78, 5) is 0. The smallest absolute Gasteiger partial charge is 0.157 e. The van der Waals surface area contributed by atoms with Gasteiger partial charge in [0.2, 0.25) is 0 Å². The van der Waals surface area contributed by atoms with Gasteiger partial charge in [0.05, 0.1) is 0 Å². The summed E-state index contributed by atoms with van der Waals surface area (Å²) in [5.74, 6) is 0. The highest BCUT2D eigenvalue weighted by Crippen LogP contribution is 2.03. The predicted octanol–water partition coefficient (Wildman–Crippen LogP) is 3.30. The minimum absolute atomic E-state index is 0.0640. The first kappa shape index (κ1) is 13.4. The van der Waals surface area contributed by atoms with E-state index in [-0.39, 0.29) is 6.29 Å². The number of rotatable bonds is 8. The second-order valence-corrected chi connectivity index (χ2v) is 3.07. The van der Waals surface area contributed by atoms with Crippen molar-refractivity contribution in [2.75, 3.05) is 14.2 Å². The lowest BCUT2D eigenvalue weighted by molar-refractivity contribution is -0.105. The van der Waals surface area contributed by atoms with E-state index >= 15 is 0 Å². The number of hydrogen-bond donors (Lipinski definition) is 0. The largest absolute Gasteiger partial charge is 0.356 e. The molecule has 2 heteroatoms. The third kappa shape index (κ3) is 8.02. The maximum Gasteiger partial charge on any atom is 0.157 e. The van der Waals surface area contributed by atoms with E-state index in [4.69, 9.17) is 9.47 Å². The van der Waals surface area contributed by atoms with Gasteiger partial charge in [0.1, 0.15) is 0 Å². The molecule has 0 aromatic heterocycles. The minimum atomic E-state index is -0.0640. The Morgan fingerprint density at radius 2 is 1.64 bits per heavy atom. The van der Waals surface area contributed by atoms with Crippen molar-refractivity contribution in [3.05, 3.63) is 24.3 Å². The zero-order valence-corrected chi connectivity index (χ0v) is 9.53. The van der Waals surface area contributed by atoms with Crippen molar-refractivity contribution in [3.63, 3.8) is 0 Å². The van der Waals surface area contributed by atoms with E-state index in [2.05, 4.69) is 31.2 Å². The van der Waals surface area contributed by atoms with Crippen LogP contribution in [0.5, 0.6) is 0 Å². The third-order valence-corrected chi connectivity index (χ3v) is 1.94. The van der Waals surface area contributed by atoms with Crippen LogP contribution in [0.2, 0.25) is 0 Å². The molecular weight excluding hydrogens is 176 g/mol. The quantitative estimate of drug-likeness (QED) is 0.440. The van der Waals surface area contributed by atoms with Crippen molar-refractivity contribution in [2.45, 2.75) is 38.9 Å². The Morgan fingerprint density at radius 1 is 1.00 bits per heavy atom. The van der Waals surface area contributed by atoms with Gasteiger partial charge in [0, 0.05) is 20.6 Å². The molecule has 82 valence electrons. The Morgan fingerprint density at radius 3 is 2.21 bits per heavy atom. The van der Waals surface area contributed by atoms with E-state index in [0.717, 1.165) is 25.7 Å². The molecule has 2 nitrogen and oxygen atoms in total. The molecule has 14 heavy (non-hydrogen) atoms. The number of methoxy groups -OCH3 is 2. The Hall–Kier alpha value is -0.600. The van der Waals surface area contributed by atoms with E-state index in [1.54, 1.807) is 14.2 Å². The number of hydrogen-bond acceptors (Lipinski definition) is 2. The summed E-state index contributed by atoms with van der Waals surface area (Å²) in [5, 5.41) is 0. The van der Waals surface area contributed by atoms with E-state index < -0.39 is 0 Å². The first-order valence-corrected chi connectivity index (χ1v) is 5.20. The minimum Gasteiger partial charge on any atom is -0.356 e. The SMILES string of the molecule is CCC=CCC=CCCC(OC)OC. The molecule has 0 spiro atoms. The highest BCUT2D eigenvalue weighted by Gasteiger charge is 2.01.